The van der Waals surface area contributed by atoms with Crippen LogP contribution in [-0.2, 0) is 0 Å². The molecule has 19 heavy (non-hydrogen) atoms. The van der Waals surface area contributed by atoms with E-state index in [0.717, 1.165) is 0 Å². The van der Waals surface area contributed by atoms with Gasteiger partial charge in [0.1, 0.15) is 7.38 Å². The van der Waals surface area contributed by atoms with E-state index in [0.29, 0.717) is 6.04 Å². The first-order valence-electron chi connectivity index (χ1n) is 7.52. The van der Waals surface area contributed by atoms with Crippen molar-refractivity contribution in [3.63, 3.8) is 0 Å². The number of hydrogen-bond acceptors (Lipinski definition) is 1. The minimum atomic E-state index is -1.40. The molecule has 0 aliphatic carbocycles. The number of nitrogens with one attached hydrogen (secondary N) is 1. The molecule has 108 valence electrons. The number of anilines is 1. The van der Waals surface area contributed by atoms with Crippen LogP contribution in [0.5, 0.6) is 0 Å². The number of unbranched alkanes of at least 4 members (excludes halogenated alkanes) is 1. The van der Waals surface area contributed by atoms with Crippen LogP contribution in [0.25, 0.3) is 0 Å². The summed E-state index contributed by atoms with van der Waals surface area (Å²) in [6.45, 7) is 6.73. The topological polar surface area (TPSA) is 12.0 Å². The normalized spacial score (nSPS) is 13.3. The Morgan fingerprint density at radius 2 is 1.74 bits per heavy atom. The van der Waals surface area contributed by atoms with Gasteiger partial charge in [-0.1, -0.05) is 57.5 Å². The van der Waals surface area contributed by atoms with Crippen molar-refractivity contribution in [2.45, 2.75) is 64.2 Å². The van der Waals surface area contributed by atoms with Gasteiger partial charge in [0.25, 0.3) is 0 Å². The van der Waals surface area contributed by atoms with Crippen molar-refractivity contribution in [1.29, 1.82) is 0 Å². The number of benzene rings is 1. The highest BCUT2D eigenvalue weighted by molar-refractivity contribution is 7.19. The lowest BCUT2D eigenvalue weighted by atomic mass is 10.0. The smallest absolute Gasteiger partial charge is 0.150 e. The third-order valence-electron chi connectivity index (χ3n) is 3.37. The van der Waals surface area contributed by atoms with Crippen molar-refractivity contribution < 1.29 is 0 Å². The molecule has 0 radical (unpaired) electrons. The van der Waals surface area contributed by atoms with Gasteiger partial charge in [0.2, 0.25) is 0 Å². The van der Waals surface area contributed by atoms with Crippen LogP contribution in [0.2, 0.25) is 19.1 Å². The van der Waals surface area contributed by atoms with E-state index in [1.807, 2.05) is 0 Å². The fourth-order valence-electron chi connectivity index (χ4n) is 2.28. The second-order valence-corrected chi connectivity index (χ2v) is 13.0. The molecule has 1 aromatic rings. The third kappa shape index (κ3) is 8.33. The van der Waals surface area contributed by atoms with Crippen molar-refractivity contribution in [3.05, 3.63) is 30.3 Å². The van der Waals surface area contributed by atoms with Gasteiger partial charge in [-0.05, 0) is 31.0 Å². The van der Waals surface area contributed by atoms with Gasteiger partial charge in [-0.3, -0.25) is 0 Å². The Bertz CT molecular complexity index is 334. The van der Waals surface area contributed by atoms with Crippen molar-refractivity contribution in [2.75, 3.05) is 5.32 Å². The summed E-state index contributed by atoms with van der Waals surface area (Å²) in [5.74, 6) is 0. The van der Waals surface area contributed by atoms with E-state index >= 15 is 0 Å². The van der Waals surface area contributed by atoms with Crippen LogP contribution in [0, 0.1) is 0 Å². The lowest BCUT2D eigenvalue weighted by Crippen LogP contribution is -2.22. The molecule has 0 spiro atoms. The fourth-order valence-corrected chi connectivity index (χ4v) is 3.72. The van der Waals surface area contributed by atoms with Crippen LogP contribution < -0.4 is 5.32 Å². The third-order valence-corrected chi connectivity index (χ3v) is 5.48. The Balaban J connectivity index is 2.42. The van der Waals surface area contributed by atoms with E-state index in [-0.39, 0.29) is 0 Å². The van der Waals surface area contributed by atoms with Gasteiger partial charge < -0.3 is 5.32 Å². The second-order valence-electron chi connectivity index (χ2n) is 5.96. The molecule has 1 N–H and O–H groups in total. The molecule has 1 aromatic carbocycles. The molecular formula is C16H28ClNSi. The molecule has 0 aromatic heterocycles. The molecule has 0 saturated carbocycles. The maximum absolute atomic E-state index is 6.40. The quantitative estimate of drug-likeness (QED) is 0.443. The highest BCUT2D eigenvalue weighted by Crippen LogP contribution is 2.21. The molecule has 0 aliphatic heterocycles. The van der Waals surface area contributed by atoms with Crippen molar-refractivity contribution in [1.82, 2.24) is 0 Å². The predicted octanol–water partition coefficient (Wildman–Crippen LogP) is 5.88. The highest BCUT2D eigenvalue weighted by atomic mass is 35.6. The molecular weight excluding hydrogens is 270 g/mol. The van der Waals surface area contributed by atoms with Crippen molar-refractivity contribution in [3.8, 4) is 0 Å². The Hall–Kier alpha value is -0.473. The molecule has 1 rings (SSSR count). The van der Waals surface area contributed by atoms with Crippen LogP contribution in [0.15, 0.2) is 30.3 Å². The monoisotopic (exact) mass is 297 g/mol. The minimum Gasteiger partial charge on any atom is -0.382 e. The van der Waals surface area contributed by atoms with Crippen LogP contribution in [-0.4, -0.2) is 13.4 Å². The van der Waals surface area contributed by atoms with E-state index in [1.54, 1.807) is 0 Å². The van der Waals surface area contributed by atoms with Gasteiger partial charge in [0.15, 0.2) is 0 Å². The molecule has 1 unspecified atom stereocenters. The van der Waals surface area contributed by atoms with Gasteiger partial charge in [-0.2, -0.15) is 11.1 Å². The second kappa shape index (κ2) is 8.65. The minimum absolute atomic E-state index is 0.593. The first kappa shape index (κ1) is 16.6. The van der Waals surface area contributed by atoms with Crippen molar-refractivity contribution >= 4 is 24.2 Å². The summed E-state index contributed by atoms with van der Waals surface area (Å²) in [7, 11) is -1.40. The van der Waals surface area contributed by atoms with Crippen LogP contribution in [0.1, 0.15) is 39.0 Å². The Morgan fingerprint density at radius 1 is 1.11 bits per heavy atom. The first-order valence-corrected chi connectivity index (χ1v) is 11.7. The zero-order chi connectivity index (χ0) is 14.1. The Morgan fingerprint density at radius 3 is 2.32 bits per heavy atom. The van der Waals surface area contributed by atoms with Gasteiger partial charge in [-0.25, -0.2) is 0 Å². The average molecular weight is 298 g/mol. The standard InChI is InChI=1S/C16H28ClNSi/c1-4-5-10-15(13-9-14-19(2,3)17)18-16-11-7-6-8-12-16/h6-8,11-12,15,18H,4-5,9-10,13-14H2,1-3H3. The molecule has 0 heterocycles. The van der Waals surface area contributed by atoms with E-state index in [9.17, 15) is 0 Å². The largest absolute Gasteiger partial charge is 0.382 e. The predicted molar refractivity (Wildman–Crippen MR) is 90.8 cm³/mol. The Kier molecular flexibility index (Phi) is 7.55. The number of para-hydroxylation sites is 1. The van der Waals surface area contributed by atoms with Gasteiger partial charge in [-0.15, -0.1) is 0 Å². The van der Waals surface area contributed by atoms with Gasteiger partial charge >= 0.3 is 0 Å². The van der Waals surface area contributed by atoms with Crippen LogP contribution in [0.4, 0.5) is 5.69 Å². The maximum Gasteiger partial charge on any atom is 0.150 e. The maximum atomic E-state index is 6.40. The summed E-state index contributed by atoms with van der Waals surface area (Å²) in [4.78, 5) is 0. The average Bonchev–Trinajstić information content (AvgIpc) is 2.35. The van der Waals surface area contributed by atoms with Gasteiger partial charge in [0, 0.05) is 11.7 Å². The number of halogens is 1. The molecule has 0 aliphatic rings. The van der Waals surface area contributed by atoms with E-state index in [4.69, 9.17) is 11.1 Å². The van der Waals surface area contributed by atoms with E-state index in [1.165, 1.54) is 43.8 Å². The molecule has 0 fully saturated rings. The van der Waals surface area contributed by atoms with E-state index in [2.05, 4.69) is 55.7 Å². The fraction of sp³-hybridized carbons (Fsp3) is 0.625. The number of rotatable bonds is 9. The SMILES string of the molecule is CCCCC(CCC[Si](C)(C)Cl)Nc1ccccc1. The highest BCUT2D eigenvalue weighted by Gasteiger charge is 2.17. The summed E-state index contributed by atoms with van der Waals surface area (Å²) < 4.78 is 0. The van der Waals surface area contributed by atoms with Crippen molar-refractivity contribution in [2.24, 2.45) is 0 Å². The summed E-state index contributed by atoms with van der Waals surface area (Å²) in [5, 5.41) is 3.67. The summed E-state index contributed by atoms with van der Waals surface area (Å²) in [6, 6.07) is 12.4. The van der Waals surface area contributed by atoms with Crippen LogP contribution in [0.3, 0.4) is 0 Å². The molecule has 0 amide bonds. The molecule has 0 saturated heterocycles. The van der Waals surface area contributed by atoms with Gasteiger partial charge in [0.05, 0.1) is 0 Å². The van der Waals surface area contributed by atoms with Crippen LogP contribution >= 0.6 is 11.1 Å². The summed E-state index contributed by atoms with van der Waals surface area (Å²) in [5.41, 5.74) is 1.24. The lowest BCUT2D eigenvalue weighted by Gasteiger charge is -2.21. The molecule has 0 bridgehead atoms. The zero-order valence-electron chi connectivity index (χ0n) is 12.6. The zero-order valence-corrected chi connectivity index (χ0v) is 14.3. The summed E-state index contributed by atoms with van der Waals surface area (Å²) in [6.07, 6.45) is 6.31. The Labute approximate surface area is 124 Å². The lowest BCUT2D eigenvalue weighted by molar-refractivity contribution is 0.563. The molecule has 1 nitrogen and oxygen atoms in total. The van der Waals surface area contributed by atoms with E-state index < -0.39 is 7.38 Å². The molecule has 1 atom stereocenters. The number of hydrogen-bond donors (Lipinski definition) is 1. The molecule has 3 heteroatoms. The first-order chi connectivity index (χ1) is 9.01. The summed E-state index contributed by atoms with van der Waals surface area (Å²) >= 11 is 6.40.